The molecule has 0 aromatic heterocycles. The summed E-state index contributed by atoms with van der Waals surface area (Å²) in [6, 6.07) is 0. The van der Waals surface area contributed by atoms with Crippen LogP contribution >= 0.6 is 0 Å². The Hall–Kier alpha value is -1.06. The number of hydrogen-bond acceptors (Lipinski definition) is 3. The minimum absolute atomic E-state index is 0.0573. The highest BCUT2D eigenvalue weighted by atomic mass is 16.6. The number of aliphatic carboxylic acids is 1. The lowest BCUT2D eigenvalue weighted by molar-refractivity contribution is -0.129. The second kappa shape index (κ2) is 4.78. The van der Waals surface area contributed by atoms with Crippen LogP contribution in [0.2, 0.25) is 0 Å². The predicted octanol–water partition coefficient (Wildman–Crippen LogP) is 0.873. The molecule has 58 valence electrons. The number of carboxylic acids is 1. The highest BCUT2D eigenvalue weighted by Crippen LogP contribution is 1.87. The average molecular weight is 145 g/mol. The lowest BCUT2D eigenvalue weighted by Gasteiger charge is -1.95. The van der Waals surface area contributed by atoms with Crippen LogP contribution in [0.15, 0.2) is 5.16 Å². The summed E-state index contributed by atoms with van der Waals surface area (Å²) in [5.41, 5.74) is 0.0573. The molecule has 0 saturated heterocycles. The van der Waals surface area contributed by atoms with Gasteiger partial charge in [0.25, 0.3) is 0 Å². The smallest absolute Gasteiger partial charge is 0.353 e. The Bertz CT molecular complexity index is 142. The first kappa shape index (κ1) is 8.94. The van der Waals surface area contributed by atoms with Crippen molar-refractivity contribution in [3.8, 4) is 0 Å². The lowest BCUT2D eigenvalue weighted by Crippen LogP contribution is -2.11. The summed E-state index contributed by atoms with van der Waals surface area (Å²) in [6.07, 6.45) is 0.384. The van der Waals surface area contributed by atoms with Crippen molar-refractivity contribution in [2.75, 3.05) is 6.61 Å². The molecule has 0 bridgehead atoms. The third-order valence-corrected chi connectivity index (χ3v) is 0.886. The monoisotopic (exact) mass is 145 g/mol. The van der Waals surface area contributed by atoms with E-state index in [1.165, 1.54) is 0 Å². The Labute approximate surface area is 59.5 Å². The fourth-order valence-corrected chi connectivity index (χ4v) is 0.397. The van der Waals surface area contributed by atoms with E-state index >= 15 is 0 Å². The van der Waals surface area contributed by atoms with Crippen LogP contribution in [0, 0.1) is 0 Å². The largest absolute Gasteiger partial charge is 0.477 e. The Morgan fingerprint density at radius 2 is 2.20 bits per heavy atom. The molecule has 0 radical (unpaired) electrons. The normalized spacial score (nSPS) is 11.2. The molecule has 0 heterocycles. The Balaban J connectivity index is 3.91. The maximum atomic E-state index is 10.2. The van der Waals surface area contributed by atoms with E-state index in [0.717, 1.165) is 0 Å². The van der Waals surface area contributed by atoms with Gasteiger partial charge in [0.2, 0.25) is 0 Å². The third kappa shape index (κ3) is 3.06. The molecular weight excluding hydrogens is 134 g/mol. The number of rotatable bonds is 4. The SMILES string of the molecule is CCON=C(CC)C(=O)O. The second-order valence-corrected chi connectivity index (χ2v) is 1.61. The van der Waals surface area contributed by atoms with Gasteiger partial charge in [-0.25, -0.2) is 4.79 Å². The summed E-state index contributed by atoms with van der Waals surface area (Å²) in [4.78, 5) is 14.8. The number of hydrogen-bond donors (Lipinski definition) is 1. The highest BCUT2D eigenvalue weighted by molar-refractivity contribution is 6.35. The lowest BCUT2D eigenvalue weighted by atomic mass is 10.3. The van der Waals surface area contributed by atoms with Gasteiger partial charge in [-0.3, -0.25) is 0 Å². The number of nitrogens with zero attached hydrogens (tertiary/aromatic N) is 1. The fraction of sp³-hybridized carbons (Fsp3) is 0.667. The highest BCUT2D eigenvalue weighted by Gasteiger charge is 2.05. The van der Waals surface area contributed by atoms with E-state index in [9.17, 15) is 4.79 Å². The predicted molar refractivity (Wildman–Crippen MR) is 37.0 cm³/mol. The van der Waals surface area contributed by atoms with Gasteiger partial charge in [0.05, 0.1) is 0 Å². The first-order valence-electron chi connectivity index (χ1n) is 3.14. The molecule has 0 unspecified atom stereocenters. The van der Waals surface area contributed by atoms with Gasteiger partial charge < -0.3 is 9.94 Å². The molecule has 0 fully saturated rings. The molecule has 0 aliphatic carbocycles. The van der Waals surface area contributed by atoms with E-state index in [-0.39, 0.29) is 5.71 Å². The van der Waals surface area contributed by atoms with Crippen LogP contribution in [-0.2, 0) is 9.63 Å². The minimum atomic E-state index is -1.02. The standard InChI is InChI=1S/C6H11NO3/c1-3-5(6(8)9)7-10-4-2/h3-4H2,1-2H3,(H,8,9). The zero-order valence-corrected chi connectivity index (χ0v) is 6.13. The van der Waals surface area contributed by atoms with E-state index in [1.807, 2.05) is 0 Å². The summed E-state index contributed by atoms with van der Waals surface area (Å²) >= 11 is 0. The van der Waals surface area contributed by atoms with E-state index in [0.29, 0.717) is 13.0 Å². The molecule has 0 amide bonds. The molecule has 10 heavy (non-hydrogen) atoms. The van der Waals surface area contributed by atoms with Crippen molar-refractivity contribution in [1.29, 1.82) is 0 Å². The molecule has 0 aliphatic heterocycles. The second-order valence-electron chi connectivity index (χ2n) is 1.61. The topological polar surface area (TPSA) is 58.9 Å². The first-order valence-corrected chi connectivity index (χ1v) is 3.14. The van der Waals surface area contributed by atoms with Crippen molar-refractivity contribution < 1.29 is 14.7 Å². The Morgan fingerprint density at radius 3 is 2.50 bits per heavy atom. The molecule has 1 N–H and O–H groups in total. The van der Waals surface area contributed by atoms with Crippen LogP contribution < -0.4 is 0 Å². The maximum absolute atomic E-state index is 10.2. The molecule has 0 aliphatic rings. The Kier molecular flexibility index (Phi) is 4.28. The van der Waals surface area contributed by atoms with Crippen LogP contribution in [0.4, 0.5) is 0 Å². The summed E-state index contributed by atoms with van der Waals surface area (Å²) < 4.78 is 0. The molecule has 4 heteroatoms. The van der Waals surface area contributed by atoms with E-state index in [4.69, 9.17) is 5.11 Å². The molecular formula is C6H11NO3. The van der Waals surface area contributed by atoms with Crippen LogP contribution in [-0.4, -0.2) is 23.4 Å². The molecule has 0 saturated carbocycles. The van der Waals surface area contributed by atoms with Crippen molar-refractivity contribution in [2.24, 2.45) is 5.16 Å². The molecule has 0 atom stereocenters. The van der Waals surface area contributed by atoms with Gasteiger partial charge in [-0.05, 0) is 13.3 Å². The van der Waals surface area contributed by atoms with Gasteiger partial charge in [0.1, 0.15) is 6.61 Å². The number of carboxylic acid groups (broad SMARTS) is 1. The van der Waals surface area contributed by atoms with Crippen molar-refractivity contribution in [1.82, 2.24) is 0 Å². The summed E-state index contributed by atoms with van der Waals surface area (Å²) in [6.45, 7) is 3.86. The van der Waals surface area contributed by atoms with Gasteiger partial charge in [0, 0.05) is 0 Å². The third-order valence-electron chi connectivity index (χ3n) is 0.886. The van der Waals surface area contributed by atoms with Gasteiger partial charge in [-0.15, -0.1) is 0 Å². The molecule has 0 aromatic carbocycles. The molecule has 0 aromatic rings. The van der Waals surface area contributed by atoms with Crippen molar-refractivity contribution in [3.05, 3.63) is 0 Å². The van der Waals surface area contributed by atoms with Gasteiger partial charge >= 0.3 is 5.97 Å². The van der Waals surface area contributed by atoms with Gasteiger partial charge in [-0.1, -0.05) is 12.1 Å². The van der Waals surface area contributed by atoms with Crippen LogP contribution in [0.3, 0.4) is 0 Å². The van der Waals surface area contributed by atoms with Crippen LogP contribution in [0.1, 0.15) is 20.3 Å². The van der Waals surface area contributed by atoms with Crippen molar-refractivity contribution >= 4 is 11.7 Å². The fourth-order valence-electron chi connectivity index (χ4n) is 0.397. The number of carbonyl (C=O) groups is 1. The van der Waals surface area contributed by atoms with E-state index < -0.39 is 5.97 Å². The number of oxime groups is 1. The zero-order valence-electron chi connectivity index (χ0n) is 6.13. The molecule has 0 spiro atoms. The summed E-state index contributed by atoms with van der Waals surface area (Å²) in [5.74, 6) is -1.02. The van der Waals surface area contributed by atoms with Crippen molar-refractivity contribution in [3.63, 3.8) is 0 Å². The Morgan fingerprint density at radius 1 is 1.60 bits per heavy atom. The minimum Gasteiger partial charge on any atom is -0.477 e. The van der Waals surface area contributed by atoms with Crippen LogP contribution in [0.25, 0.3) is 0 Å². The average Bonchev–Trinajstić information content (AvgIpc) is 1.89. The molecule has 4 nitrogen and oxygen atoms in total. The maximum Gasteiger partial charge on any atom is 0.353 e. The van der Waals surface area contributed by atoms with E-state index in [1.54, 1.807) is 13.8 Å². The zero-order chi connectivity index (χ0) is 7.98. The van der Waals surface area contributed by atoms with E-state index in [2.05, 4.69) is 9.99 Å². The van der Waals surface area contributed by atoms with Gasteiger partial charge in [0.15, 0.2) is 5.71 Å². The van der Waals surface area contributed by atoms with Crippen LogP contribution in [0.5, 0.6) is 0 Å². The summed E-state index contributed by atoms with van der Waals surface area (Å²) in [5, 5.41) is 11.8. The van der Waals surface area contributed by atoms with Crippen molar-refractivity contribution in [2.45, 2.75) is 20.3 Å². The summed E-state index contributed by atoms with van der Waals surface area (Å²) in [7, 11) is 0. The first-order chi connectivity index (χ1) is 4.72. The quantitative estimate of drug-likeness (QED) is 0.471. The molecule has 0 rings (SSSR count). The van der Waals surface area contributed by atoms with Gasteiger partial charge in [-0.2, -0.15) is 0 Å².